The molecule has 0 radical (unpaired) electrons. The van der Waals surface area contributed by atoms with Crippen molar-refractivity contribution in [3.63, 3.8) is 0 Å². The number of Topliss-reactive ketones (excluding diaryl/α,β-unsaturated/α-hetero) is 1. The number of benzene rings is 3. The fourth-order valence-electron chi connectivity index (χ4n) is 4.08. The molecule has 1 fully saturated rings. The second kappa shape index (κ2) is 9.80. The predicted octanol–water partition coefficient (Wildman–Crippen LogP) is 4.35. The number of anilines is 1. The summed E-state index contributed by atoms with van der Waals surface area (Å²) in [5.74, 6) is 0.253. The molecule has 35 heavy (non-hydrogen) atoms. The second-order valence-electron chi connectivity index (χ2n) is 7.70. The van der Waals surface area contributed by atoms with Crippen LogP contribution in [0.15, 0.2) is 72.3 Å². The van der Waals surface area contributed by atoms with Crippen LogP contribution in [0.2, 0.25) is 0 Å². The molecule has 1 unspecified atom stereocenters. The predicted molar refractivity (Wildman–Crippen MR) is 130 cm³/mol. The van der Waals surface area contributed by atoms with Crippen molar-refractivity contribution in [2.45, 2.75) is 6.04 Å². The van der Waals surface area contributed by atoms with Gasteiger partial charge in [-0.25, -0.2) is 0 Å². The van der Waals surface area contributed by atoms with Gasteiger partial charge in [-0.1, -0.05) is 0 Å². The molecule has 0 spiro atoms. The van der Waals surface area contributed by atoms with Crippen molar-refractivity contribution in [2.24, 2.45) is 0 Å². The summed E-state index contributed by atoms with van der Waals surface area (Å²) in [5, 5.41) is 11.3. The number of hydrogen-bond acceptors (Lipinski definition) is 7. The maximum absolute atomic E-state index is 13.3. The third kappa shape index (κ3) is 4.26. The molecule has 1 saturated heterocycles. The first-order valence-electron chi connectivity index (χ1n) is 10.7. The van der Waals surface area contributed by atoms with Crippen molar-refractivity contribution in [2.75, 3.05) is 33.3 Å². The Morgan fingerprint density at radius 3 is 1.83 bits per heavy atom. The lowest BCUT2D eigenvalue weighted by Crippen LogP contribution is -2.29. The highest BCUT2D eigenvalue weighted by Crippen LogP contribution is 2.46. The first-order chi connectivity index (χ1) is 16.9. The van der Waals surface area contributed by atoms with Gasteiger partial charge in [0.25, 0.3) is 11.7 Å². The van der Waals surface area contributed by atoms with Gasteiger partial charge >= 0.3 is 0 Å². The van der Waals surface area contributed by atoms with Gasteiger partial charge in [0.15, 0.2) is 0 Å². The molecule has 0 aromatic heterocycles. The Labute approximate surface area is 202 Å². The van der Waals surface area contributed by atoms with E-state index in [0.717, 1.165) is 0 Å². The summed E-state index contributed by atoms with van der Waals surface area (Å²) in [5.41, 5.74) is 1.29. The number of ketones is 1. The number of aliphatic hydroxyl groups excluding tert-OH is 1. The summed E-state index contributed by atoms with van der Waals surface area (Å²) in [7, 11) is 6.09. The number of amides is 1. The fraction of sp³-hybridized carbons (Fsp3) is 0.185. The second-order valence-corrected chi connectivity index (χ2v) is 7.70. The van der Waals surface area contributed by atoms with Crippen molar-refractivity contribution in [1.82, 2.24) is 0 Å². The van der Waals surface area contributed by atoms with Crippen LogP contribution in [-0.2, 0) is 9.59 Å². The molecule has 0 aliphatic carbocycles. The van der Waals surface area contributed by atoms with E-state index in [1.165, 1.54) is 33.3 Å². The zero-order valence-corrected chi connectivity index (χ0v) is 19.8. The van der Waals surface area contributed by atoms with Crippen molar-refractivity contribution in [3.8, 4) is 23.0 Å². The summed E-state index contributed by atoms with van der Waals surface area (Å²) in [6, 6.07) is 17.5. The van der Waals surface area contributed by atoms with E-state index in [2.05, 4.69) is 0 Å². The molecule has 1 atom stereocenters. The zero-order valence-electron chi connectivity index (χ0n) is 19.8. The number of rotatable bonds is 7. The maximum atomic E-state index is 13.3. The molecular weight excluding hydrogens is 450 g/mol. The Hall–Kier alpha value is -4.46. The van der Waals surface area contributed by atoms with Crippen LogP contribution in [0.3, 0.4) is 0 Å². The summed E-state index contributed by atoms with van der Waals surface area (Å²) >= 11 is 0. The molecule has 0 bridgehead atoms. The van der Waals surface area contributed by atoms with E-state index < -0.39 is 17.7 Å². The van der Waals surface area contributed by atoms with Crippen LogP contribution in [0, 0.1) is 0 Å². The van der Waals surface area contributed by atoms with Gasteiger partial charge < -0.3 is 24.1 Å². The molecule has 4 rings (SSSR count). The summed E-state index contributed by atoms with van der Waals surface area (Å²) in [4.78, 5) is 28.0. The smallest absolute Gasteiger partial charge is 0.300 e. The lowest BCUT2D eigenvalue weighted by Gasteiger charge is -2.27. The normalized spacial score (nSPS) is 16.8. The number of nitrogens with zero attached hydrogens (tertiary/aromatic N) is 1. The third-order valence-electron chi connectivity index (χ3n) is 5.89. The number of hydrogen-bond donors (Lipinski definition) is 1. The highest BCUT2D eigenvalue weighted by molar-refractivity contribution is 6.51. The van der Waals surface area contributed by atoms with Gasteiger partial charge in [-0.2, -0.15) is 0 Å². The highest BCUT2D eigenvalue weighted by atomic mass is 16.5. The molecule has 3 aromatic rings. The molecule has 8 nitrogen and oxygen atoms in total. The van der Waals surface area contributed by atoms with Gasteiger partial charge in [0.2, 0.25) is 0 Å². The molecule has 1 heterocycles. The largest absolute Gasteiger partial charge is 0.507 e. The van der Waals surface area contributed by atoms with E-state index in [1.807, 2.05) is 0 Å². The first-order valence-corrected chi connectivity index (χ1v) is 10.7. The van der Waals surface area contributed by atoms with Crippen LogP contribution in [0.4, 0.5) is 5.69 Å². The molecule has 180 valence electrons. The van der Waals surface area contributed by atoms with Gasteiger partial charge in [0, 0.05) is 22.9 Å². The molecule has 0 saturated carbocycles. The minimum Gasteiger partial charge on any atom is -0.507 e. The Bertz CT molecular complexity index is 1280. The Morgan fingerprint density at radius 2 is 1.29 bits per heavy atom. The van der Waals surface area contributed by atoms with Crippen LogP contribution in [0.5, 0.6) is 23.0 Å². The number of aliphatic hydroxyl groups is 1. The standard InChI is InChI=1S/C27H25NO7/c1-32-18-9-5-16(6-10-18)25(29)23-24(21-14-13-20(34-3)15-22(21)35-4)28(27(31)26(23)30)17-7-11-19(33-2)12-8-17/h5-15,24,29H,1-4H3. The average Bonchev–Trinajstić information content (AvgIpc) is 3.17. The van der Waals surface area contributed by atoms with Crippen molar-refractivity contribution < 1.29 is 33.6 Å². The summed E-state index contributed by atoms with van der Waals surface area (Å²) in [6.45, 7) is 0. The molecule has 1 amide bonds. The molecule has 1 aliphatic heterocycles. The first kappa shape index (κ1) is 23.7. The Morgan fingerprint density at radius 1 is 0.743 bits per heavy atom. The minimum absolute atomic E-state index is 0.0561. The van der Waals surface area contributed by atoms with E-state index in [0.29, 0.717) is 39.8 Å². The van der Waals surface area contributed by atoms with Crippen molar-refractivity contribution in [1.29, 1.82) is 0 Å². The Kier molecular flexibility index (Phi) is 6.64. The van der Waals surface area contributed by atoms with Crippen molar-refractivity contribution >= 4 is 23.1 Å². The summed E-state index contributed by atoms with van der Waals surface area (Å²) in [6.07, 6.45) is 0. The van der Waals surface area contributed by atoms with E-state index in [4.69, 9.17) is 18.9 Å². The number of carbonyl (C=O) groups is 2. The monoisotopic (exact) mass is 475 g/mol. The van der Waals surface area contributed by atoms with Crippen LogP contribution in [-0.4, -0.2) is 45.2 Å². The van der Waals surface area contributed by atoms with E-state index in [-0.39, 0.29) is 11.3 Å². The third-order valence-corrected chi connectivity index (χ3v) is 5.89. The lowest BCUT2D eigenvalue weighted by atomic mass is 9.94. The fourth-order valence-corrected chi connectivity index (χ4v) is 4.08. The van der Waals surface area contributed by atoms with Crippen LogP contribution in [0.25, 0.3) is 5.76 Å². The topological polar surface area (TPSA) is 94.5 Å². The van der Waals surface area contributed by atoms with Crippen LogP contribution in [0.1, 0.15) is 17.2 Å². The Balaban J connectivity index is 1.95. The highest BCUT2D eigenvalue weighted by Gasteiger charge is 2.48. The van der Waals surface area contributed by atoms with Gasteiger partial charge in [0.1, 0.15) is 28.8 Å². The SMILES string of the molecule is COc1ccc(C(O)=C2C(=O)C(=O)N(c3ccc(OC)cc3)C2c2ccc(OC)cc2OC)cc1. The molecular formula is C27H25NO7. The van der Waals surface area contributed by atoms with Gasteiger partial charge in [-0.3, -0.25) is 14.5 Å². The average molecular weight is 475 g/mol. The van der Waals surface area contributed by atoms with Crippen molar-refractivity contribution in [3.05, 3.63) is 83.4 Å². The van der Waals surface area contributed by atoms with E-state index >= 15 is 0 Å². The van der Waals surface area contributed by atoms with E-state index in [9.17, 15) is 14.7 Å². The minimum atomic E-state index is -0.952. The van der Waals surface area contributed by atoms with Gasteiger partial charge in [0.05, 0.1) is 40.1 Å². The van der Waals surface area contributed by atoms with Crippen LogP contribution >= 0.6 is 0 Å². The number of carbonyl (C=O) groups excluding carboxylic acids is 2. The number of ether oxygens (including phenoxy) is 4. The zero-order chi connectivity index (χ0) is 25.1. The molecule has 1 N–H and O–H groups in total. The summed E-state index contributed by atoms with van der Waals surface area (Å²) < 4.78 is 21.3. The van der Waals surface area contributed by atoms with E-state index in [1.54, 1.807) is 66.7 Å². The molecule has 1 aliphatic rings. The number of methoxy groups -OCH3 is 4. The maximum Gasteiger partial charge on any atom is 0.300 e. The molecule has 8 heteroatoms. The van der Waals surface area contributed by atoms with Crippen LogP contribution < -0.4 is 23.8 Å². The quantitative estimate of drug-likeness (QED) is 0.308. The molecule has 3 aromatic carbocycles. The lowest BCUT2D eigenvalue weighted by molar-refractivity contribution is -0.132. The van der Waals surface area contributed by atoms with Gasteiger partial charge in [-0.15, -0.1) is 0 Å². The van der Waals surface area contributed by atoms with Gasteiger partial charge in [-0.05, 0) is 60.7 Å².